The maximum absolute atomic E-state index is 13.3. The molecule has 0 aliphatic heterocycles. The number of carbonyl (C=O) groups is 1. The summed E-state index contributed by atoms with van der Waals surface area (Å²) in [6.07, 6.45) is -2.90. The Balaban J connectivity index is 2.28. The molecule has 0 amide bonds. The van der Waals surface area contributed by atoms with Gasteiger partial charge < -0.3 is 9.84 Å². The summed E-state index contributed by atoms with van der Waals surface area (Å²) in [5, 5.41) is 10.1. The molecule has 0 bridgehead atoms. The summed E-state index contributed by atoms with van der Waals surface area (Å²) in [5.41, 5.74) is 0.694. The number of nitrogens with zero attached hydrogens (tertiary/aromatic N) is 1. The number of ether oxygens (including phenoxy) is 1. The Morgan fingerprint density at radius 1 is 1.15 bits per heavy atom. The van der Waals surface area contributed by atoms with Crippen molar-refractivity contribution in [3.05, 3.63) is 59.8 Å². The highest BCUT2D eigenvalue weighted by Gasteiger charge is 2.33. The normalized spacial score (nSPS) is 11.5. The minimum Gasteiger partial charge on any atom is -0.508 e. The monoisotopic (exact) mass is 361 g/mol. The summed E-state index contributed by atoms with van der Waals surface area (Å²) < 4.78 is 44.7. The van der Waals surface area contributed by atoms with Crippen LogP contribution in [-0.2, 0) is 22.1 Å². The second kappa shape index (κ2) is 7.03. The first-order valence-electron chi connectivity index (χ1n) is 7.74. The molecule has 2 aromatic carbocycles. The third-order valence-electron chi connectivity index (χ3n) is 3.97. The van der Waals surface area contributed by atoms with E-state index in [2.05, 4.69) is 4.98 Å². The van der Waals surface area contributed by atoms with Gasteiger partial charge in [0.2, 0.25) is 0 Å². The van der Waals surface area contributed by atoms with Gasteiger partial charge in [0.05, 0.1) is 17.7 Å². The maximum Gasteiger partial charge on any atom is 0.418 e. The number of carbonyl (C=O) groups excluding carboxylic acids is 1. The lowest BCUT2D eigenvalue weighted by Gasteiger charge is -2.16. The fourth-order valence-electron chi connectivity index (χ4n) is 2.90. The number of hydrogen-bond donors (Lipinski definition) is 1. The van der Waals surface area contributed by atoms with E-state index >= 15 is 0 Å². The molecule has 7 heteroatoms. The third kappa shape index (κ3) is 3.46. The number of benzene rings is 2. The van der Waals surface area contributed by atoms with Crippen LogP contribution in [0.1, 0.15) is 11.1 Å². The second-order valence-electron chi connectivity index (χ2n) is 5.63. The van der Waals surface area contributed by atoms with Crippen molar-refractivity contribution in [2.45, 2.75) is 12.6 Å². The Morgan fingerprint density at radius 2 is 1.92 bits per heavy atom. The van der Waals surface area contributed by atoms with E-state index in [1.807, 2.05) is 0 Å². The Kier molecular flexibility index (Phi) is 4.79. The Labute approximate surface area is 146 Å². The van der Waals surface area contributed by atoms with Crippen LogP contribution in [0.3, 0.4) is 0 Å². The van der Waals surface area contributed by atoms with Crippen molar-refractivity contribution in [3.63, 3.8) is 0 Å². The number of aromatic hydroxyl groups is 1. The first-order valence-corrected chi connectivity index (χ1v) is 7.74. The van der Waals surface area contributed by atoms with Gasteiger partial charge in [-0.15, -0.1) is 0 Å². The fourth-order valence-corrected chi connectivity index (χ4v) is 2.90. The zero-order chi connectivity index (χ0) is 18.7. The lowest BCUT2D eigenvalue weighted by atomic mass is 9.93. The minimum absolute atomic E-state index is 0.00507. The molecule has 0 fully saturated rings. The SMILES string of the molecule is O=COCCc1cnc2c(C(F)(F)F)cccc2c1-c1cccc(O)c1. The molecular weight excluding hydrogens is 347 g/mol. The Hall–Kier alpha value is -3.09. The summed E-state index contributed by atoms with van der Waals surface area (Å²) in [4.78, 5) is 14.4. The lowest BCUT2D eigenvalue weighted by Crippen LogP contribution is -2.08. The number of rotatable bonds is 5. The van der Waals surface area contributed by atoms with Crippen molar-refractivity contribution in [1.29, 1.82) is 0 Å². The first-order chi connectivity index (χ1) is 12.4. The number of para-hydroxylation sites is 1. The molecule has 0 saturated heterocycles. The summed E-state index contributed by atoms with van der Waals surface area (Å²) in [6, 6.07) is 10.1. The van der Waals surface area contributed by atoms with Crippen LogP contribution >= 0.6 is 0 Å². The average molecular weight is 361 g/mol. The summed E-state index contributed by atoms with van der Waals surface area (Å²) in [6.45, 7) is 0.381. The standard InChI is InChI=1S/C19H14F3NO3/c20-19(21,22)16-6-2-5-15-17(12-3-1-4-14(25)9-12)13(7-8-26-11-24)10-23-18(15)16/h1-6,9-11,25H,7-8H2. The average Bonchev–Trinajstić information content (AvgIpc) is 2.60. The second-order valence-corrected chi connectivity index (χ2v) is 5.63. The van der Waals surface area contributed by atoms with Gasteiger partial charge in [0.15, 0.2) is 0 Å². The maximum atomic E-state index is 13.3. The molecule has 1 N–H and O–H groups in total. The summed E-state index contributed by atoms with van der Waals surface area (Å²) in [7, 11) is 0. The van der Waals surface area contributed by atoms with E-state index in [-0.39, 0.29) is 24.3 Å². The van der Waals surface area contributed by atoms with Crippen LogP contribution in [0.2, 0.25) is 0 Å². The predicted octanol–water partition coefficient (Wildman–Crippen LogP) is 4.34. The van der Waals surface area contributed by atoms with Crippen molar-refractivity contribution >= 4 is 17.4 Å². The highest BCUT2D eigenvalue weighted by molar-refractivity contribution is 5.98. The number of alkyl halides is 3. The molecule has 0 atom stereocenters. The predicted molar refractivity (Wildman–Crippen MR) is 89.6 cm³/mol. The van der Waals surface area contributed by atoms with Crippen LogP contribution in [0.5, 0.6) is 5.75 Å². The first kappa shape index (κ1) is 17.7. The highest BCUT2D eigenvalue weighted by Crippen LogP contribution is 2.39. The van der Waals surface area contributed by atoms with Gasteiger partial charge in [-0.25, -0.2) is 0 Å². The van der Waals surface area contributed by atoms with Gasteiger partial charge in [0.1, 0.15) is 5.75 Å². The number of phenols is 1. The summed E-state index contributed by atoms with van der Waals surface area (Å²) >= 11 is 0. The Morgan fingerprint density at radius 3 is 2.62 bits per heavy atom. The number of hydrogen-bond acceptors (Lipinski definition) is 4. The van der Waals surface area contributed by atoms with E-state index in [1.165, 1.54) is 24.4 Å². The zero-order valence-corrected chi connectivity index (χ0v) is 13.5. The molecule has 0 saturated carbocycles. The van der Waals surface area contributed by atoms with Crippen LogP contribution in [0, 0.1) is 0 Å². The van der Waals surface area contributed by atoms with Crippen LogP contribution in [0.4, 0.5) is 13.2 Å². The molecule has 3 rings (SSSR count). The topological polar surface area (TPSA) is 59.4 Å². The number of pyridine rings is 1. The molecule has 134 valence electrons. The van der Waals surface area contributed by atoms with Gasteiger partial charge in [-0.2, -0.15) is 13.2 Å². The van der Waals surface area contributed by atoms with Crippen LogP contribution in [-0.4, -0.2) is 23.2 Å². The van der Waals surface area contributed by atoms with E-state index in [0.717, 1.165) is 6.07 Å². The number of halogens is 3. The molecule has 3 aromatic rings. The molecule has 0 unspecified atom stereocenters. The number of fused-ring (bicyclic) bond motifs is 1. The molecular formula is C19H14F3NO3. The van der Waals surface area contributed by atoms with E-state index in [1.54, 1.807) is 18.2 Å². The molecule has 1 heterocycles. The molecule has 1 aromatic heterocycles. The largest absolute Gasteiger partial charge is 0.508 e. The van der Waals surface area contributed by atoms with Crippen molar-refractivity contribution in [3.8, 4) is 16.9 Å². The van der Waals surface area contributed by atoms with E-state index in [4.69, 9.17) is 4.74 Å². The lowest BCUT2D eigenvalue weighted by molar-refractivity contribution is -0.136. The van der Waals surface area contributed by atoms with Crippen molar-refractivity contribution in [1.82, 2.24) is 4.98 Å². The molecule has 0 radical (unpaired) electrons. The van der Waals surface area contributed by atoms with E-state index < -0.39 is 11.7 Å². The highest BCUT2D eigenvalue weighted by atomic mass is 19.4. The Bertz CT molecular complexity index is 954. The summed E-state index contributed by atoms with van der Waals surface area (Å²) in [5.74, 6) is -0.00507. The van der Waals surface area contributed by atoms with Gasteiger partial charge in [-0.05, 0) is 34.9 Å². The van der Waals surface area contributed by atoms with Gasteiger partial charge in [0.25, 0.3) is 6.47 Å². The van der Waals surface area contributed by atoms with Gasteiger partial charge >= 0.3 is 6.18 Å². The minimum atomic E-state index is -4.54. The fraction of sp³-hybridized carbons (Fsp3) is 0.158. The molecule has 4 nitrogen and oxygen atoms in total. The van der Waals surface area contributed by atoms with Gasteiger partial charge in [0, 0.05) is 18.0 Å². The van der Waals surface area contributed by atoms with Crippen LogP contribution < -0.4 is 0 Å². The van der Waals surface area contributed by atoms with Crippen LogP contribution in [0.25, 0.3) is 22.0 Å². The van der Waals surface area contributed by atoms with Crippen molar-refractivity contribution in [2.24, 2.45) is 0 Å². The quantitative estimate of drug-likeness (QED) is 0.542. The van der Waals surface area contributed by atoms with Gasteiger partial charge in [-0.1, -0.05) is 24.3 Å². The van der Waals surface area contributed by atoms with Gasteiger partial charge in [-0.3, -0.25) is 9.78 Å². The third-order valence-corrected chi connectivity index (χ3v) is 3.97. The van der Waals surface area contributed by atoms with Crippen molar-refractivity contribution < 1.29 is 27.8 Å². The molecule has 0 aliphatic rings. The molecule has 0 spiro atoms. The zero-order valence-electron chi connectivity index (χ0n) is 13.5. The molecule has 0 aliphatic carbocycles. The number of aromatic nitrogens is 1. The van der Waals surface area contributed by atoms with E-state index in [0.29, 0.717) is 28.5 Å². The van der Waals surface area contributed by atoms with E-state index in [9.17, 15) is 23.1 Å². The van der Waals surface area contributed by atoms with Crippen molar-refractivity contribution in [2.75, 3.05) is 6.61 Å². The number of phenolic OH excluding ortho intramolecular Hbond substituents is 1. The smallest absolute Gasteiger partial charge is 0.418 e. The molecule has 26 heavy (non-hydrogen) atoms. The van der Waals surface area contributed by atoms with Crippen LogP contribution in [0.15, 0.2) is 48.7 Å².